The Labute approximate surface area is 194 Å². The summed E-state index contributed by atoms with van der Waals surface area (Å²) >= 11 is 1.19. The Morgan fingerprint density at radius 2 is 1.58 bits per heavy atom. The van der Waals surface area contributed by atoms with Gasteiger partial charge in [0.15, 0.2) is 0 Å². The molecule has 2 aromatic heterocycles. The van der Waals surface area contributed by atoms with Crippen molar-refractivity contribution in [3.8, 4) is 11.1 Å². The molecule has 3 aromatic carbocycles. The first-order valence-electron chi connectivity index (χ1n) is 10.8. The van der Waals surface area contributed by atoms with Crippen molar-refractivity contribution in [2.75, 3.05) is 0 Å². The molecule has 4 nitrogen and oxygen atoms in total. The Kier molecular flexibility index (Phi) is 4.78. The van der Waals surface area contributed by atoms with Crippen LogP contribution in [0.2, 0.25) is 0 Å². The van der Waals surface area contributed by atoms with Gasteiger partial charge in [0, 0.05) is 17.0 Å². The van der Waals surface area contributed by atoms with Crippen molar-refractivity contribution in [1.29, 1.82) is 0 Å². The van der Waals surface area contributed by atoms with E-state index in [-0.39, 0.29) is 21.8 Å². The van der Waals surface area contributed by atoms with Crippen molar-refractivity contribution < 1.29 is 12.8 Å². The highest BCUT2D eigenvalue weighted by Gasteiger charge is 2.33. The summed E-state index contributed by atoms with van der Waals surface area (Å²) in [7, 11) is -3.72. The van der Waals surface area contributed by atoms with Crippen molar-refractivity contribution in [2.45, 2.75) is 28.9 Å². The smallest absolute Gasteiger partial charge is 0.210 e. The zero-order chi connectivity index (χ0) is 22.6. The van der Waals surface area contributed by atoms with E-state index in [9.17, 15) is 12.8 Å². The molecule has 0 unspecified atom stereocenters. The molecule has 164 valence electrons. The van der Waals surface area contributed by atoms with Crippen LogP contribution in [0.25, 0.3) is 32.2 Å². The van der Waals surface area contributed by atoms with Crippen LogP contribution in [0.1, 0.15) is 30.0 Å². The number of aromatic nitrogens is 2. The summed E-state index contributed by atoms with van der Waals surface area (Å²) < 4.78 is 41.9. The van der Waals surface area contributed by atoms with Crippen LogP contribution in [-0.2, 0) is 15.6 Å². The normalized spacial score (nSPS) is 14.2. The lowest BCUT2D eigenvalue weighted by Crippen LogP contribution is -2.10. The Hall–Kier alpha value is -3.16. The lowest BCUT2D eigenvalue weighted by molar-refractivity contribution is 0.594. The lowest BCUT2D eigenvalue weighted by atomic mass is 9.93. The minimum Gasteiger partial charge on any atom is -0.252 e. The molecule has 1 saturated carbocycles. The van der Waals surface area contributed by atoms with Gasteiger partial charge >= 0.3 is 0 Å². The summed E-state index contributed by atoms with van der Waals surface area (Å²) in [6, 6.07) is 21.4. The SMILES string of the molecule is O=S(=O)(Cc1c(C2CC2)nc2ccccc2c1-c1ccc(F)cc1)c1nc2ccccc2s1. The van der Waals surface area contributed by atoms with Crippen LogP contribution in [-0.4, -0.2) is 18.4 Å². The molecule has 7 heteroatoms. The van der Waals surface area contributed by atoms with Crippen LogP contribution in [0, 0.1) is 5.82 Å². The third kappa shape index (κ3) is 3.71. The molecular formula is C26H19FN2O2S2. The van der Waals surface area contributed by atoms with Gasteiger partial charge in [0.05, 0.1) is 21.5 Å². The Morgan fingerprint density at radius 3 is 2.30 bits per heavy atom. The second kappa shape index (κ2) is 7.71. The zero-order valence-corrected chi connectivity index (χ0v) is 19.2. The Balaban J connectivity index is 1.58. The molecule has 33 heavy (non-hydrogen) atoms. The predicted molar refractivity (Wildman–Crippen MR) is 130 cm³/mol. The zero-order valence-electron chi connectivity index (χ0n) is 17.5. The van der Waals surface area contributed by atoms with Crippen LogP contribution in [0.4, 0.5) is 4.39 Å². The van der Waals surface area contributed by atoms with Gasteiger partial charge < -0.3 is 0 Å². The van der Waals surface area contributed by atoms with Gasteiger partial charge in [0.2, 0.25) is 14.2 Å². The Bertz CT molecular complexity index is 1590. The average molecular weight is 475 g/mol. The number of hydrogen-bond acceptors (Lipinski definition) is 5. The third-order valence-corrected chi connectivity index (χ3v) is 9.13. The molecule has 0 radical (unpaired) electrons. The quantitative estimate of drug-likeness (QED) is 0.292. The molecule has 0 bridgehead atoms. The molecular weight excluding hydrogens is 455 g/mol. The van der Waals surface area contributed by atoms with E-state index in [0.29, 0.717) is 11.1 Å². The van der Waals surface area contributed by atoms with Crippen molar-refractivity contribution in [3.63, 3.8) is 0 Å². The van der Waals surface area contributed by atoms with Crippen molar-refractivity contribution in [1.82, 2.24) is 9.97 Å². The fraction of sp³-hybridized carbons (Fsp3) is 0.154. The third-order valence-electron chi connectivity index (χ3n) is 6.00. The highest BCUT2D eigenvalue weighted by atomic mass is 32.2. The van der Waals surface area contributed by atoms with Crippen LogP contribution < -0.4 is 0 Å². The standard InChI is InChI=1S/C26H19FN2O2S2/c27-18-13-11-16(12-14-18)24-19-5-1-2-6-21(19)28-25(17-9-10-17)20(24)15-33(30,31)26-29-22-7-3-4-8-23(22)32-26/h1-8,11-14,17H,9-10,15H2. The molecule has 1 fully saturated rings. The first-order chi connectivity index (χ1) is 16.0. The van der Waals surface area contributed by atoms with Crippen LogP contribution in [0.5, 0.6) is 0 Å². The Morgan fingerprint density at radius 1 is 0.879 bits per heavy atom. The van der Waals surface area contributed by atoms with Crippen molar-refractivity contribution in [3.05, 3.63) is 89.9 Å². The van der Waals surface area contributed by atoms with E-state index in [1.165, 1.54) is 23.5 Å². The maximum atomic E-state index is 13.7. The summed E-state index contributed by atoms with van der Waals surface area (Å²) in [6.45, 7) is 0. The van der Waals surface area contributed by atoms with Gasteiger partial charge in [-0.1, -0.05) is 42.5 Å². The van der Waals surface area contributed by atoms with Gasteiger partial charge in [-0.05, 0) is 59.9 Å². The van der Waals surface area contributed by atoms with Gasteiger partial charge in [0.1, 0.15) is 5.82 Å². The van der Waals surface area contributed by atoms with Crippen molar-refractivity contribution >= 4 is 42.3 Å². The molecule has 0 saturated heterocycles. The van der Waals surface area contributed by atoms with Crippen molar-refractivity contribution in [2.24, 2.45) is 0 Å². The van der Waals surface area contributed by atoms with Gasteiger partial charge in [-0.2, -0.15) is 0 Å². The number of nitrogens with zero attached hydrogens (tertiary/aromatic N) is 2. The summed E-state index contributed by atoms with van der Waals surface area (Å²) in [5.41, 5.74) is 4.62. The van der Waals surface area contributed by atoms with E-state index in [1.54, 1.807) is 12.1 Å². The molecule has 0 amide bonds. The van der Waals surface area contributed by atoms with Crippen LogP contribution in [0.15, 0.2) is 77.1 Å². The monoisotopic (exact) mass is 474 g/mol. The fourth-order valence-corrected chi connectivity index (χ4v) is 6.98. The molecule has 2 heterocycles. The molecule has 1 aliphatic rings. The van der Waals surface area contributed by atoms with Gasteiger partial charge in [0.25, 0.3) is 0 Å². The molecule has 0 atom stereocenters. The molecule has 5 aromatic rings. The number of fused-ring (bicyclic) bond motifs is 2. The van der Waals surface area contributed by atoms with E-state index in [0.717, 1.165) is 45.3 Å². The highest BCUT2D eigenvalue weighted by molar-refractivity contribution is 7.92. The number of para-hydroxylation sites is 2. The number of thiazole rings is 1. The summed E-state index contributed by atoms with van der Waals surface area (Å²) in [5, 5.41) is 0.864. The van der Waals surface area contributed by atoms with E-state index in [4.69, 9.17) is 4.98 Å². The summed E-state index contributed by atoms with van der Waals surface area (Å²) in [4.78, 5) is 9.31. The molecule has 1 aliphatic carbocycles. The van der Waals surface area contributed by atoms with Crippen LogP contribution >= 0.6 is 11.3 Å². The van der Waals surface area contributed by atoms with E-state index in [1.807, 2.05) is 48.5 Å². The maximum Gasteiger partial charge on any atom is 0.210 e. The average Bonchev–Trinajstić information content (AvgIpc) is 3.56. The minimum atomic E-state index is -3.72. The molecule has 6 rings (SSSR count). The summed E-state index contributed by atoms with van der Waals surface area (Å²) in [5.74, 6) is -0.277. The summed E-state index contributed by atoms with van der Waals surface area (Å²) in [6.07, 6.45) is 1.98. The fourth-order valence-electron chi connectivity index (χ4n) is 4.29. The first-order valence-corrected chi connectivity index (χ1v) is 13.2. The molecule has 0 spiro atoms. The number of hydrogen-bond donors (Lipinski definition) is 0. The first kappa shape index (κ1) is 20.4. The topological polar surface area (TPSA) is 59.9 Å². The lowest BCUT2D eigenvalue weighted by Gasteiger charge is -2.17. The number of halogens is 1. The second-order valence-corrected chi connectivity index (χ2v) is 11.5. The largest absolute Gasteiger partial charge is 0.252 e. The predicted octanol–water partition coefficient (Wildman–Crippen LogP) is 6.50. The maximum absolute atomic E-state index is 13.7. The highest BCUT2D eigenvalue weighted by Crippen LogP contribution is 2.46. The van der Waals surface area contributed by atoms with E-state index in [2.05, 4.69) is 4.98 Å². The van der Waals surface area contributed by atoms with E-state index < -0.39 is 9.84 Å². The van der Waals surface area contributed by atoms with Gasteiger partial charge in [-0.25, -0.2) is 17.8 Å². The van der Waals surface area contributed by atoms with Gasteiger partial charge in [-0.15, -0.1) is 11.3 Å². The molecule has 0 aliphatic heterocycles. The van der Waals surface area contributed by atoms with E-state index >= 15 is 0 Å². The number of benzene rings is 3. The minimum absolute atomic E-state index is 0.115. The number of rotatable bonds is 5. The second-order valence-electron chi connectivity index (χ2n) is 8.36. The molecule has 0 N–H and O–H groups in total. The van der Waals surface area contributed by atoms with Crippen LogP contribution in [0.3, 0.4) is 0 Å². The number of sulfone groups is 1. The van der Waals surface area contributed by atoms with Gasteiger partial charge in [-0.3, -0.25) is 4.98 Å². The number of pyridine rings is 1.